The SMILES string of the molecule is CC(C)(Cc1ccccc1)NCCc1ccc(O)c(NS(C)(=O)=O)c1. The molecule has 0 aromatic heterocycles. The number of phenolic OH excluding ortho intramolecular Hbond substituents is 1. The first-order valence-corrected chi connectivity index (χ1v) is 10.1. The molecule has 0 atom stereocenters. The molecule has 2 rings (SSSR count). The van der Waals surface area contributed by atoms with Gasteiger partial charge >= 0.3 is 0 Å². The fourth-order valence-corrected chi connectivity index (χ4v) is 3.30. The van der Waals surface area contributed by atoms with E-state index in [9.17, 15) is 13.5 Å². The molecule has 0 spiro atoms. The summed E-state index contributed by atoms with van der Waals surface area (Å²) in [7, 11) is -3.42. The van der Waals surface area contributed by atoms with Gasteiger partial charge in [0.25, 0.3) is 0 Å². The standard InChI is InChI=1S/C19H26N2O3S/c1-19(2,14-16-7-5-4-6-8-16)20-12-11-15-9-10-18(22)17(13-15)21-25(3,23)24/h4-10,13,20-22H,11-12,14H2,1-3H3. The summed E-state index contributed by atoms with van der Waals surface area (Å²) in [5.74, 6) is -0.0773. The first-order valence-electron chi connectivity index (χ1n) is 8.23. The molecule has 0 aliphatic carbocycles. The van der Waals surface area contributed by atoms with Crippen LogP contribution >= 0.6 is 0 Å². The number of rotatable bonds is 8. The van der Waals surface area contributed by atoms with Crippen molar-refractivity contribution in [2.75, 3.05) is 17.5 Å². The van der Waals surface area contributed by atoms with Crippen LogP contribution in [0.1, 0.15) is 25.0 Å². The number of nitrogens with one attached hydrogen (secondary N) is 2. The van der Waals surface area contributed by atoms with E-state index < -0.39 is 10.0 Å². The lowest BCUT2D eigenvalue weighted by Gasteiger charge is -2.26. The van der Waals surface area contributed by atoms with E-state index >= 15 is 0 Å². The van der Waals surface area contributed by atoms with Crippen molar-refractivity contribution in [3.8, 4) is 5.75 Å². The molecule has 0 saturated carbocycles. The molecule has 5 nitrogen and oxygen atoms in total. The molecular formula is C19H26N2O3S. The predicted octanol–water partition coefficient (Wildman–Crippen LogP) is 2.92. The van der Waals surface area contributed by atoms with Gasteiger partial charge in [0.15, 0.2) is 0 Å². The van der Waals surface area contributed by atoms with E-state index in [1.807, 2.05) is 18.2 Å². The molecule has 2 aromatic rings. The fraction of sp³-hybridized carbons (Fsp3) is 0.368. The number of benzene rings is 2. The van der Waals surface area contributed by atoms with Crippen LogP contribution in [0.15, 0.2) is 48.5 Å². The van der Waals surface area contributed by atoms with Crippen LogP contribution in [0.5, 0.6) is 5.75 Å². The number of sulfonamides is 1. The van der Waals surface area contributed by atoms with Gasteiger partial charge in [0.2, 0.25) is 10.0 Å². The van der Waals surface area contributed by atoms with Crippen LogP contribution in [0.3, 0.4) is 0 Å². The van der Waals surface area contributed by atoms with Crippen molar-refractivity contribution < 1.29 is 13.5 Å². The normalized spacial score (nSPS) is 12.1. The van der Waals surface area contributed by atoms with E-state index in [4.69, 9.17) is 0 Å². The summed E-state index contributed by atoms with van der Waals surface area (Å²) < 4.78 is 25.0. The summed E-state index contributed by atoms with van der Waals surface area (Å²) in [5.41, 5.74) is 2.39. The highest BCUT2D eigenvalue weighted by Gasteiger charge is 2.17. The minimum absolute atomic E-state index is 0.0495. The van der Waals surface area contributed by atoms with Gasteiger partial charge in [0.05, 0.1) is 11.9 Å². The number of aromatic hydroxyl groups is 1. The van der Waals surface area contributed by atoms with Crippen molar-refractivity contribution in [3.63, 3.8) is 0 Å². The average molecular weight is 362 g/mol. The quantitative estimate of drug-likeness (QED) is 0.631. The highest BCUT2D eigenvalue weighted by molar-refractivity contribution is 7.92. The molecule has 0 unspecified atom stereocenters. The van der Waals surface area contributed by atoms with Crippen molar-refractivity contribution >= 4 is 15.7 Å². The zero-order valence-corrected chi connectivity index (χ0v) is 15.7. The van der Waals surface area contributed by atoms with Gasteiger partial charge in [-0.25, -0.2) is 8.42 Å². The maximum absolute atomic E-state index is 11.3. The van der Waals surface area contributed by atoms with Crippen molar-refractivity contribution in [1.29, 1.82) is 0 Å². The molecule has 2 aromatic carbocycles. The summed E-state index contributed by atoms with van der Waals surface area (Å²) in [6.07, 6.45) is 2.72. The molecule has 6 heteroatoms. The maximum atomic E-state index is 11.3. The summed E-state index contributed by atoms with van der Waals surface area (Å²) in [6.45, 7) is 5.07. The lowest BCUT2D eigenvalue weighted by molar-refractivity contribution is 0.389. The number of anilines is 1. The molecule has 0 aliphatic rings. The van der Waals surface area contributed by atoms with Crippen LogP contribution < -0.4 is 10.0 Å². The molecule has 3 N–H and O–H groups in total. The first-order chi connectivity index (χ1) is 11.6. The van der Waals surface area contributed by atoms with Gasteiger partial charge in [-0.3, -0.25) is 4.72 Å². The van der Waals surface area contributed by atoms with Crippen molar-refractivity contribution in [1.82, 2.24) is 5.32 Å². The van der Waals surface area contributed by atoms with Crippen LogP contribution in [0.2, 0.25) is 0 Å². The predicted molar refractivity (Wildman–Crippen MR) is 103 cm³/mol. The Hall–Kier alpha value is -2.05. The Morgan fingerprint density at radius 1 is 1.04 bits per heavy atom. The molecule has 0 aliphatic heterocycles. The zero-order chi connectivity index (χ0) is 18.5. The lowest BCUT2D eigenvalue weighted by Crippen LogP contribution is -2.42. The summed E-state index contributed by atoms with van der Waals surface area (Å²) in [4.78, 5) is 0. The van der Waals surface area contributed by atoms with Crippen LogP contribution in [0, 0.1) is 0 Å². The second kappa shape index (κ2) is 7.89. The van der Waals surface area contributed by atoms with Gasteiger partial charge in [-0.15, -0.1) is 0 Å². The van der Waals surface area contributed by atoms with Gasteiger partial charge < -0.3 is 10.4 Å². The molecule has 0 amide bonds. The van der Waals surface area contributed by atoms with Crippen molar-refractivity contribution in [2.45, 2.75) is 32.2 Å². The van der Waals surface area contributed by atoms with Crippen molar-refractivity contribution in [2.24, 2.45) is 0 Å². The lowest BCUT2D eigenvalue weighted by atomic mass is 9.94. The second-order valence-corrected chi connectivity index (χ2v) is 8.70. The average Bonchev–Trinajstić information content (AvgIpc) is 2.49. The number of phenols is 1. The van der Waals surface area contributed by atoms with Gasteiger partial charge in [-0.2, -0.15) is 0 Å². The fourth-order valence-electron chi connectivity index (χ4n) is 2.73. The van der Waals surface area contributed by atoms with Crippen molar-refractivity contribution in [3.05, 3.63) is 59.7 Å². The van der Waals surface area contributed by atoms with E-state index in [0.29, 0.717) is 0 Å². The van der Waals surface area contributed by atoms with E-state index in [1.54, 1.807) is 12.1 Å². The maximum Gasteiger partial charge on any atom is 0.229 e. The Morgan fingerprint density at radius 3 is 2.36 bits per heavy atom. The Balaban J connectivity index is 1.93. The molecular weight excluding hydrogens is 336 g/mol. The van der Waals surface area contributed by atoms with Crippen LogP contribution in [0.4, 0.5) is 5.69 Å². The molecule has 0 bridgehead atoms. The third-order valence-electron chi connectivity index (χ3n) is 3.86. The van der Waals surface area contributed by atoms with E-state index in [-0.39, 0.29) is 17.0 Å². The highest BCUT2D eigenvalue weighted by Crippen LogP contribution is 2.25. The Bertz CT molecular complexity index is 803. The highest BCUT2D eigenvalue weighted by atomic mass is 32.2. The van der Waals surface area contributed by atoms with E-state index in [0.717, 1.165) is 31.2 Å². The Kier molecular flexibility index (Phi) is 6.08. The molecule has 136 valence electrons. The van der Waals surface area contributed by atoms with Gasteiger partial charge in [-0.1, -0.05) is 36.4 Å². The summed E-state index contributed by atoms with van der Waals surface area (Å²) >= 11 is 0. The third-order valence-corrected chi connectivity index (χ3v) is 4.45. The zero-order valence-electron chi connectivity index (χ0n) is 14.9. The number of hydrogen-bond acceptors (Lipinski definition) is 4. The summed E-state index contributed by atoms with van der Waals surface area (Å²) in [5, 5.41) is 13.3. The smallest absolute Gasteiger partial charge is 0.229 e. The summed E-state index contributed by atoms with van der Waals surface area (Å²) in [6, 6.07) is 15.3. The second-order valence-electron chi connectivity index (χ2n) is 6.95. The van der Waals surface area contributed by atoms with Gasteiger partial charge in [-0.05, 0) is 56.5 Å². The molecule has 0 heterocycles. The molecule has 0 fully saturated rings. The monoisotopic (exact) mass is 362 g/mol. The Labute approximate surface area is 150 Å². The minimum atomic E-state index is -3.42. The topological polar surface area (TPSA) is 78.4 Å². The first kappa shape index (κ1) is 19.3. The van der Waals surface area contributed by atoms with Crippen LogP contribution in [-0.2, 0) is 22.9 Å². The Morgan fingerprint density at radius 2 is 1.72 bits per heavy atom. The minimum Gasteiger partial charge on any atom is -0.506 e. The van der Waals surface area contributed by atoms with Gasteiger partial charge in [0.1, 0.15) is 5.75 Å². The molecule has 25 heavy (non-hydrogen) atoms. The van der Waals surface area contributed by atoms with Crippen LogP contribution in [-0.4, -0.2) is 31.9 Å². The molecule has 0 saturated heterocycles. The largest absolute Gasteiger partial charge is 0.506 e. The van der Waals surface area contributed by atoms with Gasteiger partial charge in [0, 0.05) is 5.54 Å². The van der Waals surface area contributed by atoms with Crippen LogP contribution in [0.25, 0.3) is 0 Å². The van der Waals surface area contributed by atoms with E-state index in [2.05, 4.69) is 36.0 Å². The van der Waals surface area contributed by atoms with E-state index in [1.165, 1.54) is 11.6 Å². The molecule has 0 radical (unpaired) electrons. The number of hydrogen-bond donors (Lipinski definition) is 3. The third kappa shape index (κ3) is 6.76.